The fourth-order valence-corrected chi connectivity index (χ4v) is 1.38. The van der Waals surface area contributed by atoms with Crippen LogP contribution in [0.25, 0.3) is 0 Å². The molecule has 0 spiro atoms. The van der Waals surface area contributed by atoms with E-state index >= 15 is 0 Å². The van der Waals surface area contributed by atoms with Crippen LogP contribution >= 0.6 is 0 Å². The van der Waals surface area contributed by atoms with Gasteiger partial charge in [-0.15, -0.1) is 6.58 Å². The molecule has 0 bridgehead atoms. The maximum Gasteiger partial charge on any atom is -0.0233 e. The van der Waals surface area contributed by atoms with Gasteiger partial charge in [-0.05, 0) is 44.8 Å². The summed E-state index contributed by atoms with van der Waals surface area (Å²) < 4.78 is 0. The summed E-state index contributed by atoms with van der Waals surface area (Å²) in [5.74, 6) is 0. The first kappa shape index (κ1) is 17.2. The summed E-state index contributed by atoms with van der Waals surface area (Å²) in [4.78, 5) is 0. The highest BCUT2D eigenvalue weighted by Gasteiger charge is 1.92. The zero-order valence-electron chi connectivity index (χ0n) is 12.6. The van der Waals surface area contributed by atoms with E-state index in [2.05, 4.69) is 64.0 Å². The summed E-state index contributed by atoms with van der Waals surface area (Å²) in [7, 11) is 0. The van der Waals surface area contributed by atoms with Crippen LogP contribution in [-0.4, -0.2) is 0 Å². The van der Waals surface area contributed by atoms with Crippen molar-refractivity contribution in [2.45, 2.75) is 33.6 Å². The van der Waals surface area contributed by atoms with Gasteiger partial charge in [0.2, 0.25) is 0 Å². The second-order valence-corrected chi connectivity index (χ2v) is 4.71. The number of hydrogen-bond donors (Lipinski definition) is 0. The van der Waals surface area contributed by atoms with Crippen molar-refractivity contribution >= 4 is 0 Å². The van der Waals surface area contributed by atoms with Crippen LogP contribution < -0.4 is 0 Å². The molecule has 0 aromatic carbocycles. The second-order valence-electron chi connectivity index (χ2n) is 4.71. The van der Waals surface area contributed by atoms with E-state index in [1.165, 1.54) is 11.1 Å². The van der Waals surface area contributed by atoms with E-state index in [0.717, 1.165) is 24.0 Å². The molecule has 0 N–H and O–H groups in total. The topological polar surface area (TPSA) is 0 Å². The van der Waals surface area contributed by atoms with E-state index in [0.29, 0.717) is 0 Å². The van der Waals surface area contributed by atoms with E-state index in [1.54, 1.807) is 0 Å². The first-order chi connectivity index (χ1) is 9.01. The minimum Gasteiger partial charge on any atom is -0.100 e. The Balaban J connectivity index is 4.68. The summed E-state index contributed by atoms with van der Waals surface area (Å²) in [5, 5.41) is 0. The van der Waals surface area contributed by atoms with Crippen molar-refractivity contribution in [2.75, 3.05) is 0 Å². The third kappa shape index (κ3) is 8.84. The molecule has 0 unspecified atom stereocenters. The van der Waals surface area contributed by atoms with E-state index in [1.807, 2.05) is 19.1 Å². The number of hydrogen-bond acceptors (Lipinski definition) is 0. The van der Waals surface area contributed by atoms with Crippen LogP contribution in [0.4, 0.5) is 0 Å². The summed E-state index contributed by atoms with van der Waals surface area (Å²) in [6.07, 6.45) is 16.3. The molecule has 19 heavy (non-hydrogen) atoms. The van der Waals surface area contributed by atoms with Crippen LogP contribution in [0.15, 0.2) is 84.6 Å². The molecule has 0 aliphatic carbocycles. The second kappa shape index (κ2) is 10.1. The zero-order chi connectivity index (χ0) is 14.7. The quantitative estimate of drug-likeness (QED) is 0.363. The molecule has 0 atom stereocenters. The molecular weight excluding hydrogens is 228 g/mol. The summed E-state index contributed by atoms with van der Waals surface area (Å²) in [5.41, 5.74) is 4.71. The smallest absolute Gasteiger partial charge is 0.0233 e. The van der Waals surface area contributed by atoms with Gasteiger partial charge in [0.05, 0.1) is 0 Å². The molecule has 0 aromatic heterocycles. The van der Waals surface area contributed by atoms with Crippen molar-refractivity contribution in [3.8, 4) is 0 Å². The number of rotatable bonds is 8. The third-order valence-electron chi connectivity index (χ3n) is 2.74. The van der Waals surface area contributed by atoms with Crippen molar-refractivity contribution in [1.29, 1.82) is 0 Å². The predicted molar refractivity (Wildman–Crippen MR) is 89.2 cm³/mol. The van der Waals surface area contributed by atoms with Crippen LogP contribution in [0.5, 0.6) is 0 Å². The van der Waals surface area contributed by atoms with Gasteiger partial charge in [-0.2, -0.15) is 0 Å². The van der Waals surface area contributed by atoms with Gasteiger partial charge in [-0.3, -0.25) is 0 Å². The molecule has 0 heteroatoms. The molecule has 0 saturated heterocycles. The number of allylic oxidation sites excluding steroid dienone is 11. The Hall–Kier alpha value is -1.82. The Bertz CT molecular complexity index is 437. The Kier molecular flexibility index (Phi) is 9.16. The first-order valence-corrected chi connectivity index (χ1v) is 6.63. The van der Waals surface area contributed by atoms with Crippen LogP contribution in [0.2, 0.25) is 0 Å². The van der Waals surface area contributed by atoms with Gasteiger partial charge >= 0.3 is 0 Å². The molecule has 0 nitrogen and oxygen atoms in total. The van der Waals surface area contributed by atoms with Crippen molar-refractivity contribution in [2.24, 2.45) is 0 Å². The normalized spacial score (nSPS) is 13.7. The van der Waals surface area contributed by atoms with Gasteiger partial charge in [-0.1, -0.05) is 66.8 Å². The van der Waals surface area contributed by atoms with E-state index in [4.69, 9.17) is 0 Å². The lowest BCUT2D eigenvalue weighted by atomic mass is 10.1. The summed E-state index contributed by atoms with van der Waals surface area (Å²) in [6, 6.07) is 0. The average Bonchev–Trinajstić information content (AvgIpc) is 2.39. The van der Waals surface area contributed by atoms with Crippen LogP contribution in [0, 0.1) is 0 Å². The van der Waals surface area contributed by atoms with Gasteiger partial charge in [0.1, 0.15) is 0 Å². The monoisotopic (exact) mass is 254 g/mol. The van der Waals surface area contributed by atoms with E-state index in [-0.39, 0.29) is 0 Å². The van der Waals surface area contributed by atoms with Gasteiger partial charge in [0.25, 0.3) is 0 Å². The standard InChI is InChI=1S/C19H26/c1-7-17(5)14-15-18(6)19(8-2)13-11-9-10-12-16(3)4/h7-9,11,13-15H,1-3,10,12H2,4-6H3/b11-9+,17-14-,18-15+,19-13+. The average molecular weight is 254 g/mol. The van der Waals surface area contributed by atoms with Crippen molar-refractivity contribution in [3.63, 3.8) is 0 Å². The molecule has 102 valence electrons. The highest BCUT2D eigenvalue weighted by molar-refractivity contribution is 5.42. The van der Waals surface area contributed by atoms with Gasteiger partial charge in [-0.25, -0.2) is 0 Å². The van der Waals surface area contributed by atoms with Crippen molar-refractivity contribution < 1.29 is 0 Å². The molecule has 0 rings (SSSR count). The maximum absolute atomic E-state index is 3.89. The van der Waals surface area contributed by atoms with Gasteiger partial charge < -0.3 is 0 Å². The Morgan fingerprint density at radius 1 is 0.947 bits per heavy atom. The third-order valence-corrected chi connectivity index (χ3v) is 2.74. The minimum absolute atomic E-state index is 1.04. The van der Waals surface area contributed by atoms with Gasteiger partial charge in [0, 0.05) is 0 Å². The maximum atomic E-state index is 3.89. The molecule has 0 amide bonds. The molecule has 0 heterocycles. The SMILES string of the molecule is C=C\C(C)=C/C=C(C)/C(C=C)=C/C=C/CCC(=C)C. The predicted octanol–water partition coefficient (Wildman–Crippen LogP) is 6.09. The van der Waals surface area contributed by atoms with Crippen molar-refractivity contribution in [1.82, 2.24) is 0 Å². The molecular formula is C19H26. The lowest BCUT2D eigenvalue weighted by Crippen LogP contribution is -1.80. The summed E-state index contributed by atoms with van der Waals surface area (Å²) >= 11 is 0. The summed E-state index contributed by atoms with van der Waals surface area (Å²) in [6.45, 7) is 17.7. The largest absolute Gasteiger partial charge is 0.100 e. The lowest BCUT2D eigenvalue weighted by molar-refractivity contribution is 0.984. The zero-order valence-corrected chi connectivity index (χ0v) is 12.6. The van der Waals surface area contributed by atoms with Crippen LogP contribution in [0.1, 0.15) is 33.6 Å². The molecule has 0 aliphatic rings. The van der Waals surface area contributed by atoms with E-state index in [9.17, 15) is 0 Å². The molecule has 0 saturated carbocycles. The van der Waals surface area contributed by atoms with Crippen LogP contribution in [-0.2, 0) is 0 Å². The minimum atomic E-state index is 1.04. The molecule has 0 aromatic rings. The highest BCUT2D eigenvalue weighted by Crippen LogP contribution is 2.12. The molecule has 0 radical (unpaired) electrons. The Morgan fingerprint density at radius 2 is 1.63 bits per heavy atom. The first-order valence-electron chi connectivity index (χ1n) is 6.63. The Labute approximate surface area is 118 Å². The highest BCUT2D eigenvalue weighted by atomic mass is 14.0. The molecule has 0 fully saturated rings. The van der Waals surface area contributed by atoms with E-state index < -0.39 is 0 Å². The fourth-order valence-electron chi connectivity index (χ4n) is 1.38. The van der Waals surface area contributed by atoms with Crippen LogP contribution in [0.3, 0.4) is 0 Å². The Morgan fingerprint density at radius 3 is 2.16 bits per heavy atom. The lowest BCUT2D eigenvalue weighted by Gasteiger charge is -2.00. The fraction of sp³-hybridized carbons (Fsp3) is 0.263. The van der Waals surface area contributed by atoms with Crippen molar-refractivity contribution in [3.05, 3.63) is 84.6 Å². The molecule has 0 aliphatic heterocycles. The van der Waals surface area contributed by atoms with Gasteiger partial charge in [0.15, 0.2) is 0 Å².